The van der Waals surface area contributed by atoms with E-state index in [0.29, 0.717) is 42.7 Å². The van der Waals surface area contributed by atoms with Gasteiger partial charge in [-0.3, -0.25) is 9.59 Å². The van der Waals surface area contributed by atoms with E-state index in [1.807, 2.05) is 4.90 Å². The van der Waals surface area contributed by atoms with Crippen molar-refractivity contribution in [1.82, 2.24) is 4.90 Å². The maximum Gasteiger partial charge on any atom is 0.228 e. The molecule has 7 nitrogen and oxygen atoms in total. The molecule has 8 heteroatoms. The number of hydrogen-bond acceptors (Lipinski definition) is 5. The van der Waals surface area contributed by atoms with E-state index in [1.165, 1.54) is 0 Å². The lowest BCUT2D eigenvalue weighted by molar-refractivity contribution is -0.134. The van der Waals surface area contributed by atoms with Gasteiger partial charge in [-0.2, -0.15) is 0 Å². The number of nitrogens with zero attached hydrogens (tertiary/aromatic N) is 2. The highest BCUT2D eigenvalue weighted by Gasteiger charge is 2.39. The number of nitrogens with two attached hydrogens (primary N) is 1. The normalized spacial score (nSPS) is 22.3. The SMILES string of the molecule is COc1ccc(N2CC(C(=O)N3CCC(CN)C3)CC2=O)c(OC)c1.Cl. The van der Waals surface area contributed by atoms with E-state index in [-0.39, 0.29) is 36.6 Å². The fourth-order valence-corrected chi connectivity index (χ4v) is 3.60. The van der Waals surface area contributed by atoms with Crippen LogP contribution in [0.2, 0.25) is 0 Å². The molecule has 1 aromatic carbocycles. The molecule has 0 spiro atoms. The fourth-order valence-electron chi connectivity index (χ4n) is 3.60. The third kappa shape index (κ3) is 3.88. The first-order valence-electron chi connectivity index (χ1n) is 8.58. The van der Waals surface area contributed by atoms with Gasteiger partial charge in [-0.25, -0.2) is 0 Å². The van der Waals surface area contributed by atoms with E-state index < -0.39 is 0 Å². The van der Waals surface area contributed by atoms with Crippen molar-refractivity contribution in [2.24, 2.45) is 17.6 Å². The lowest BCUT2D eigenvalue weighted by Crippen LogP contribution is -2.36. The molecule has 0 aliphatic carbocycles. The van der Waals surface area contributed by atoms with Gasteiger partial charge in [-0.1, -0.05) is 0 Å². The fraction of sp³-hybridized carbons (Fsp3) is 0.556. The van der Waals surface area contributed by atoms with Gasteiger partial charge in [0.05, 0.1) is 25.8 Å². The summed E-state index contributed by atoms with van der Waals surface area (Å²) in [5.41, 5.74) is 6.37. The molecule has 3 rings (SSSR count). The summed E-state index contributed by atoms with van der Waals surface area (Å²) in [5.74, 6) is 1.28. The number of anilines is 1. The van der Waals surface area contributed by atoms with E-state index in [0.717, 1.165) is 13.0 Å². The Morgan fingerprint density at radius 2 is 2.04 bits per heavy atom. The molecule has 2 aliphatic heterocycles. The van der Waals surface area contributed by atoms with Crippen LogP contribution in [0.3, 0.4) is 0 Å². The third-order valence-electron chi connectivity index (χ3n) is 5.08. The minimum Gasteiger partial charge on any atom is -0.497 e. The number of halogens is 1. The minimum absolute atomic E-state index is 0. The van der Waals surface area contributed by atoms with E-state index >= 15 is 0 Å². The molecule has 0 radical (unpaired) electrons. The van der Waals surface area contributed by atoms with Crippen molar-refractivity contribution >= 4 is 29.9 Å². The second-order valence-corrected chi connectivity index (χ2v) is 6.62. The van der Waals surface area contributed by atoms with Gasteiger partial charge in [0.15, 0.2) is 0 Å². The predicted octanol–water partition coefficient (Wildman–Crippen LogP) is 1.29. The van der Waals surface area contributed by atoms with Crippen LogP contribution < -0.4 is 20.1 Å². The zero-order valence-corrected chi connectivity index (χ0v) is 16.0. The van der Waals surface area contributed by atoms with Crippen LogP contribution in [0.4, 0.5) is 5.69 Å². The summed E-state index contributed by atoms with van der Waals surface area (Å²) in [7, 11) is 3.13. The second-order valence-electron chi connectivity index (χ2n) is 6.62. The molecule has 1 aromatic rings. The molecular weight excluding hydrogens is 358 g/mol. The number of carbonyl (C=O) groups excluding carboxylic acids is 2. The largest absolute Gasteiger partial charge is 0.497 e. The Kier molecular flexibility index (Phi) is 6.72. The summed E-state index contributed by atoms with van der Waals surface area (Å²) in [5, 5.41) is 0. The molecule has 2 amide bonds. The molecule has 0 saturated carbocycles. The van der Waals surface area contributed by atoms with Crippen LogP contribution in [0.15, 0.2) is 18.2 Å². The minimum atomic E-state index is -0.309. The smallest absolute Gasteiger partial charge is 0.228 e. The average Bonchev–Trinajstić information content (AvgIpc) is 3.27. The molecule has 0 aromatic heterocycles. The molecule has 2 aliphatic rings. The van der Waals surface area contributed by atoms with Gasteiger partial charge in [0, 0.05) is 32.1 Å². The van der Waals surface area contributed by atoms with Gasteiger partial charge in [-0.15, -0.1) is 12.4 Å². The molecule has 2 saturated heterocycles. The first-order chi connectivity index (χ1) is 12.1. The van der Waals surface area contributed by atoms with Gasteiger partial charge in [-0.05, 0) is 31.0 Å². The molecule has 2 unspecified atom stereocenters. The molecule has 2 atom stereocenters. The molecule has 2 heterocycles. The first kappa shape index (κ1) is 20.3. The highest BCUT2D eigenvalue weighted by atomic mass is 35.5. The molecule has 2 fully saturated rings. The standard InChI is InChI=1S/C18H25N3O4.ClH/c1-24-14-3-4-15(16(8-14)25-2)21-11-13(7-17(21)22)18(23)20-6-5-12(9-19)10-20;/h3-4,8,12-13H,5-7,9-11,19H2,1-2H3;1H. The van der Waals surface area contributed by atoms with Crippen molar-refractivity contribution in [3.8, 4) is 11.5 Å². The average molecular weight is 384 g/mol. The number of ether oxygens (including phenoxy) is 2. The Labute approximate surface area is 159 Å². The maximum atomic E-state index is 12.7. The van der Waals surface area contributed by atoms with Crippen LogP contribution in [0.5, 0.6) is 11.5 Å². The van der Waals surface area contributed by atoms with Gasteiger partial charge >= 0.3 is 0 Å². The van der Waals surface area contributed by atoms with Crippen LogP contribution in [0.1, 0.15) is 12.8 Å². The number of amides is 2. The second kappa shape index (κ2) is 8.60. The Balaban J connectivity index is 0.00000243. The lowest BCUT2D eigenvalue weighted by Gasteiger charge is -2.22. The van der Waals surface area contributed by atoms with Gasteiger partial charge in [0.2, 0.25) is 11.8 Å². The van der Waals surface area contributed by atoms with Crippen molar-refractivity contribution in [1.29, 1.82) is 0 Å². The highest BCUT2D eigenvalue weighted by Crippen LogP contribution is 2.36. The number of rotatable bonds is 5. The summed E-state index contributed by atoms with van der Waals surface area (Å²) in [4.78, 5) is 28.7. The summed E-state index contributed by atoms with van der Waals surface area (Å²) >= 11 is 0. The van der Waals surface area contributed by atoms with Crippen LogP contribution in [-0.4, -0.2) is 57.1 Å². The Bertz CT molecular complexity index is 670. The Hall–Kier alpha value is -1.99. The highest BCUT2D eigenvalue weighted by molar-refractivity contribution is 6.01. The first-order valence-corrected chi connectivity index (χ1v) is 8.58. The van der Waals surface area contributed by atoms with E-state index in [1.54, 1.807) is 37.3 Å². The summed E-state index contributed by atoms with van der Waals surface area (Å²) < 4.78 is 10.6. The van der Waals surface area contributed by atoms with Crippen LogP contribution >= 0.6 is 12.4 Å². The zero-order chi connectivity index (χ0) is 18.0. The van der Waals surface area contributed by atoms with Crippen LogP contribution in [0, 0.1) is 11.8 Å². The van der Waals surface area contributed by atoms with Crippen molar-refractivity contribution < 1.29 is 19.1 Å². The van der Waals surface area contributed by atoms with E-state index in [4.69, 9.17) is 15.2 Å². The van der Waals surface area contributed by atoms with Crippen LogP contribution in [0.25, 0.3) is 0 Å². The molecular formula is C18H26ClN3O4. The summed E-state index contributed by atoms with van der Waals surface area (Å²) in [6.07, 6.45) is 1.18. The van der Waals surface area contributed by atoms with Crippen molar-refractivity contribution in [3.05, 3.63) is 18.2 Å². The van der Waals surface area contributed by atoms with Gasteiger partial charge in [0.25, 0.3) is 0 Å². The number of carbonyl (C=O) groups is 2. The number of likely N-dealkylation sites (tertiary alicyclic amines) is 1. The van der Waals surface area contributed by atoms with Gasteiger partial charge < -0.3 is 25.0 Å². The van der Waals surface area contributed by atoms with Crippen molar-refractivity contribution in [3.63, 3.8) is 0 Å². The third-order valence-corrected chi connectivity index (χ3v) is 5.08. The topological polar surface area (TPSA) is 85.1 Å². The number of hydrogen-bond donors (Lipinski definition) is 1. The molecule has 26 heavy (non-hydrogen) atoms. The van der Waals surface area contributed by atoms with E-state index in [9.17, 15) is 9.59 Å². The maximum absolute atomic E-state index is 12.7. The number of benzene rings is 1. The van der Waals surface area contributed by atoms with E-state index in [2.05, 4.69) is 0 Å². The van der Waals surface area contributed by atoms with Gasteiger partial charge in [0.1, 0.15) is 11.5 Å². The van der Waals surface area contributed by atoms with Crippen LogP contribution in [-0.2, 0) is 9.59 Å². The Morgan fingerprint density at radius 1 is 1.27 bits per heavy atom. The number of methoxy groups -OCH3 is 2. The quantitative estimate of drug-likeness (QED) is 0.828. The summed E-state index contributed by atoms with van der Waals surface area (Å²) in [6.45, 7) is 2.41. The zero-order valence-electron chi connectivity index (χ0n) is 15.1. The van der Waals surface area contributed by atoms with Crippen molar-refractivity contribution in [2.45, 2.75) is 12.8 Å². The summed E-state index contributed by atoms with van der Waals surface area (Å²) in [6, 6.07) is 5.32. The van der Waals surface area contributed by atoms with Crippen molar-refractivity contribution in [2.75, 3.05) is 45.3 Å². The monoisotopic (exact) mass is 383 g/mol. The predicted molar refractivity (Wildman–Crippen MR) is 101 cm³/mol. The Morgan fingerprint density at radius 3 is 2.65 bits per heavy atom. The molecule has 0 bridgehead atoms. The molecule has 2 N–H and O–H groups in total. The molecule has 144 valence electrons. The lowest BCUT2D eigenvalue weighted by atomic mass is 10.1.